The van der Waals surface area contributed by atoms with Crippen LogP contribution in [-0.4, -0.2) is 75.2 Å². The highest BCUT2D eigenvalue weighted by atomic mass is 15.2. The molecule has 5 heteroatoms. The summed E-state index contributed by atoms with van der Waals surface area (Å²) in [5, 5.41) is 4.82. The Hall–Kier alpha value is -2.63. The van der Waals surface area contributed by atoms with Gasteiger partial charge in [0.05, 0.1) is 11.2 Å². The molecule has 0 unspecified atom stereocenters. The number of likely N-dealkylation sites (N-methyl/N-ethyl adjacent to an activating group) is 1. The topological polar surface area (TPSA) is 34.6 Å². The summed E-state index contributed by atoms with van der Waals surface area (Å²) in [5.74, 6) is 0. The number of anilines is 2. The largest absolute Gasteiger partial charge is 0.384 e. The molecule has 5 nitrogen and oxygen atoms in total. The lowest BCUT2D eigenvalue weighted by Crippen LogP contribution is -2.44. The zero-order valence-electron chi connectivity index (χ0n) is 18.4. The normalized spacial score (nSPS) is 15.1. The molecule has 1 saturated heterocycles. The highest BCUT2D eigenvalue weighted by Gasteiger charge is 2.14. The van der Waals surface area contributed by atoms with Gasteiger partial charge < -0.3 is 20.0 Å². The number of benzene rings is 2. The van der Waals surface area contributed by atoms with E-state index in [1.54, 1.807) is 0 Å². The van der Waals surface area contributed by atoms with Crippen molar-refractivity contribution < 1.29 is 0 Å². The molecule has 4 rings (SSSR count). The average Bonchev–Trinajstić information content (AvgIpc) is 2.77. The Morgan fingerprint density at radius 3 is 2.43 bits per heavy atom. The summed E-state index contributed by atoms with van der Waals surface area (Å²) in [6.07, 6.45) is 1.11. The first kappa shape index (κ1) is 20.6. The number of nitrogens with zero attached hydrogens (tertiary/aromatic N) is 4. The zero-order valence-corrected chi connectivity index (χ0v) is 18.4. The average molecular weight is 404 g/mol. The summed E-state index contributed by atoms with van der Waals surface area (Å²) >= 11 is 0. The Labute approximate surface area is 180 Å². The minimum atomic E-state index is 0.952. The number of rotatable bonds is 7. The molecule has 1 aromatic heterocycles. The third-order valence-electron chi connectivity index (χ3n) is 5.85. The third-order valence-corrected chi connectivity index (χ3v) is 5.85. The molecule has 1 aliphatic heterocycles. The SMILES string of the molecule is CN(C)CCCNc1cc(-c2ccc(N3CCN(C)CC3)cc2)nc2ccccc12. The second-order valence-electron chi connectivity index (χ2n) is 8.49. The molecule has 0 radical (unpaired) electrons. The van der Waals surface area contributed by atoms with Gasteiger partial charge in [-0.25, -0.2) is 4.98 Å². The Bertz CT molecular complexity index is 959. The van der Waals surface area contributed by atoms with E-state index >= 15 is 0 Å². The van der Waals surface area contributed by atoms with Crippen LogP contribution in [0.15, 0.2) is 54.6 Å². The number of fused-ring (bicyclic) bond motifs is 1. The summed E-state index contributed by atoms with van der Waals surface area (Å²) in [7, 11) is 6.43. The summed E-state index contributed by atoms with van der Waals surface area (Å²) in [5.41, 5.74) is 5.68. The van der Waals surface area contributed by atoms with E-state index in [2.05, 4.69) is 95.8 Å². The molecule has 1 fully saturated rings. The van der Waals surface area contributed by atoms with Gasteiger partial charge in [-0.15, -0.1) is 0 Å². The van der Waals surface area contributed by atoms with Gasteiger partial charge in [0.15, 0.2) is 0 Å². The van der Waals surface area contributed by atoms with E-state index in [4.69, 9.17) is 4.98 Å². The van der Waals surface area contributed by atoms with E-state index < -0.39 is 0 Å². The van der Waals surface area contributed by atoms with Crippen LogP contribution in [-0.2, 0) is 0 Å². The number of aromatic nitrogens is 1. The van der Waals surface area contributed by atoms with Crippen LogP contribution < -0.4 is 10.2 Å². The molecule has 0 atom stereocenters. The summed E-state index contributed by atoms with van der Waals surface area (Å²) in [6.45, 7) is 6.45. The van der Waals surface area contributed by atoms with E-state index in [0.29, 0.717) is 0 Å². The minimum absolute atomic E-state index is 0.952. The van der Waals surface area contributed by atoms with Crippen molar-refractivity contribution in [2.45, 2.75) is 6.42 Å². The van der Waals surface area contributed by atoms with Crippen molar-refractivity contribution in [3.8, 4) is 11.3 Å². The lowest BCUT2D eigenvalue weighted by Gasteiger charge is -2.34. The first-order valence-electron chi connectivity index (χ1n) is 10.9. The molecule has 0 spiro atoms. The lowest BCUT2D eigenvalue weighted by atomic mass is 10.1. The summed E-state index contributed by atoms with van der Waals surface area (Å²) < 4.78 is 0. The molecule has 30 heavy (non-hydrogen) atoms. The van der Waals surface area contributed by atoms with Crippen molar-refractivity contribution in [2.75, 3.05) is 70.6 Å². The van der Waals surface area contributed by atoms with Crippen LogP contribution in [0, 0.1) is 0 Å². The van der Waals surface area contributed by atoms with Crippen molar-refractivity contribution in [3.05, 3.63) is 54.6 Å². The predicted molar refractivity (Wildman–Crippen MR) is 129 cm³/mol. The maximum Gasteiger partial charge on any atom is 0.0730 e. The number of nitrogens with one attached hydrogen (secondary N) is 1. The van der Waals surface area contributed by atoms with Gasteiger partial charge in [-0.3, -0.25) is 0 Å². The smallest absolute Gasteiger partial charge is 0.0730 e. The van der Waals surface area contributed by atoms with Crippen LogP contribution in [0.1, 0.15) is 6.42 Å². The van der Waals surface area contributed by atoms with Gasteiger partial charge in [0.1, 0.15) is 0 Å². The second-order valence-corrected chi connectivity index (χ2v) is 8.49. The summed E-state index contributed by atoms with van der Waals surface area (Å²) in [6, 6.07) is 19.5. The van der Waals surface area contributed by atoms with Gasteiger partial charge in [0.2, 0.25) is 0 Å². The van der Waals surface area contributed by atoms with Gasteiger partial charge in [0.25, 0.3) is 0 Å². The fourth-order valence-electron chi connectivity index (χ4n) is 4.00. The van der Waals surface area contributed by atoms with Crippen LogP contribution in [0.3, 0.4) is 0 Å². The van der Waals surface area contributed by atoms with Gasteiger partial charge >= 0.3 is 0 Å². The molecule has 0 saturated carbocycles. The highest BCUT2D eigenvalue weighted by Crippen LogP contribution is 2.29. The van der Waals surface area contributed by atoms with Crippen molar-refractivity contribution in [2.24, 2.45) is 0 Å². The van der Waals surface area contributed by atoms with Crippen LogP contribution in [0.5, 0.6) is 0 Å². The van der Waals surface area contributed by atoms with Crippen molar-refractivity contribution in [3.63, 3.8) is 0 Å². The standard InChI is InChI=1S/C25H33N5/c1-28(2)14-6-13-26-25-19-24(27-23-8-5-4-7-22(23)25)20-9-11-21(12-10-20)30-17-15-29(3)16-18-30/h4-5,7-12,19H,6,13-18H2,1-3H3,(H,26,27). The molecule has 1 N–H and O–H groups in total. The van der Waals surface area contributed by atoms with Crippen LogP contribution >= 0.6 is 0 Å². The Morgan fingerprint density at radius 1 is 0.967 bits per heavy atom. The molecule has 0 bridgehead atoms. The number of hydrogen-bond acceptors (Lipinski definition) is 5. The monoisotopic (exact) mass is 403 g/mol. The van der Waals surface area contributed by atoms with Crippen LogP contribution in [0.2, 0.25) is 0 Å². The fraction of sp³-hybridized carbons (Fsp3) is 0.400. The minimum Gasteiger partial charge on any atom is -0.384 e. The number of piperazine rings is 1. The van der Waals surface area contributed by atoms with Crippen molar-refractivity contribution >= 4 is 22.3 Å². The number of pyridine rings is 1. The maximum absolute atomic E-state index is 4.95. The van der Waals surface area contributed by atoms with E-state index in [1.807, 2.05) is 0 Å². The first-order valence-corrected chi connectivity index (χ1v) is 10.9. The molecule has 0 aliphatic carbocycles. The second kappa shape index (κ2) is 9.45. The molecule has 3 aromatic rings. The third kappa shape index (κ3) is 4.91. The molecular formula is C25H33N5. The lowest BCUT2D eigenvalue weighted by molar-refractivity contribution is 0.313. The molecule has 0 amide bonds. The molecule has 2 aromatic carbocycles. The van der Waals surface area contributed by atoms with Gasteiger partial charge in [0, 0.05) is 55.0 Å². The predicted octanol–water partition coefficient (Wildman–Crippen LogP) is 4.02. The summed E-state index contributed by atoms with van der Waals surface area (Å²) in [4.78, 5) is 12.0. The first-order chi connectivity index (χ1) is 14.6. The molecule has 158 valence electrons. The van der Waals surface area contributed by atoms with E-state index in [0.717, 1.165) is 68.2 Å². The quantitative estimate of drug-likeness (QED) is 0.603. The Balaban J connectivity index is 1.56. The van der Waals surface area contributed by atoms with Gasteiger partial charge in [-0.2, -0.15) is 0 Å². The molecule has 2 heterocycles. The highest BCUT2D eigenvalue weighted by molar-refractivity contribution is 5.93. The van der Waals surface area contributed by atoms with E-state index in [-0.39, 0.29) is 0 Å². The van der Waals surface area contributed by atoms with Crippen LogP contribution in [0.4, 0.5) is 11.4 Å². The van der Waals surface area contributed by atoms with E-state index in [1.165, 1.54) is 11.1 Å². The maximum atomic E-state index is 4.95. The van der Waals surface area contributed by atoms with E-state index in [9.17, 15) is 0 Å². The van der Waals surface area contributed by atoms with Gasteiger partial charge in [-0.1, -0.05) is 30.3 Å². The van der Waals surface area contributed by atoms with Crippen molar-refractivity contribution in [1.29, 1.82) is 0 Å². The number of para-hydroxylation sites is 1. The molecule has 1 aliphatic rings. The van der Waals surface area contributed by atoms with Gasteiger partial charge in [-0.05, 0) is 58.4 Å². The Kier molecular flexibility index (Phi) is 6.50. The number of hydrogen-bond donors (Lipinski definition) is 1. The van der Waals surface area contributed by atoms with Crippen LogP contribution in [0.25, 0.3) is 22.2 Å². The Morgan fingerprint density at radius 2 is 1.70 bits per heavy atom. The zero-order chi connectivity index (χ0) is 20.9. The molecular weight excluding hydrogens is 370 g/mol. The van der Waals surface area contributed by atoms with Crippen molar-refractivity contribution in [1.82, 2.24) is 14.8 Å². The fourth-order valence-corrected chi connectivity index (χ4v) is 4.00.